The number of hydrogen-bond acceptors (Lipinski definition) is 2. The first-order chi connectivity index (χ1) is 11.1. The number of unbranched alkanes of at least 4 members (excludes halogenated alkanes) is 8. The predicted octanol–water partition coefficient (Wildman–Crippen LogP) is 5.06. The van der Waals surface area contributed by atoms with Gasteiger partial charge < -0.3 is 4.90 Å². The molecule has 1 amide bonds. The molecule has 0 saturated heterocycles. The van der Waals surface area contributed by atoms with E-state index < -0.39 is 0 Å². The highest BCUT2D eigenvalue weighted by Crippen LogP contribution is 2.30. The molecule has 23 heavy (non-hydrogen) atoms. The Labute approximate surface area is 140 Å². The molecule has 126 valence electrons. The smallest absolute Gasteiger partial charge is 0.299 e. The molecule has 2 rings (SSSR count). The molecule has 0 aromatic heterocycles. The number of anilines is 1. The number of amides is 1. The minimum atomic E-state index is -0.356. The monoisotopic (exact) mass is 315 g/mol. The van der Waals surface area contributed by atoms with E-state index in [0.29, 0.717) is 12.1 Å². The van der Waals surface area contributed by atoms with Gasteiger partial charge in [-0.25, -0.2) is 0 Å². The zero-order valence-corrected chi connectivity index (χ0v) is 14.6. The zero-order valence-electron chi connectivity index (χ0n) is 14.6. The van der Waals surface area contributed by atoms with E-state index in [1.165, 1.54) is 44.9 Å². The molecule has 0 aliphatic carbocycles. The molecular formula is C20H29NO2. The van der Waals surface area contributed by atoms with Crippen molar-refractivity contribution in [2.45, 2.75) is 71.6 Å². The van der Waals surface area contributed by atoms with Crippen molar-refractivity contribution in [2.24, 2.45) is 0 Å². The summed E-state index contributed by atoms with van der Waals surface area (Å²) in [5, 5.41) is 0. The highest BCUT2D eigenvalue weighted by molar-refractivity contribution is 6.52. The summed E-state index contributed by atoms with van der Waals surface area (Å²) >= 11 is 0. The summed E-state index contributed by atoms with van der Waals surface area (Å²) in [6.45, 7) is 4.85. The van der Waals surface area contributed by atoms with Crippen LogP contribution in [0.15, 0.2) is 18.2 Å². The number of nitrogens with zero attached hydrogens (tertiary/aromatic N) is 1. The van der Waals surface area contributed by atoms with E-state index in [2.05, 4.69) is 6.92 Å². The van der Waals surface area contributed by atoms with E-state index in [-0.39, 0.29) is 11.7 Å². The fourth-order valence-corrected chi connectivity index (χ4v) is 3.22. The number of benzene rings is 1. The molecule has 1 aliphatic heterocycles. The number of carbonyl (C=O) groups is 2. The van der Waals surface area contributed by atoms with Gasteiger partial charge in [-0.3, -0.25) is 9.59 Å². The van der Waals surface area contributed by atoms with E-state index in [4.69, 9.17) is 0 Å². The van der Waals surface area contributed by atoms with Crippen LogP contribution in [0.4, 0.5) is 5.69 Å². The topological polar surface area (TPSA) is 37.4 Å². The van der Waals surface area contributed by atoms with Gasteiger partial charge in [0, 0.05) is 6.54 Å². The van der Waals surface area contributed by atoms with Crippen LogP contribution in [-0.2, 0) is 4.79 Å². The molecule has 0 saturated carbocycles. The fourth-order valence-electron chi connectivity index (χ4n) is 3.22. The Morgan fingerprint density at radius 3 is 2.13 bits per heavy atom. The summed E-state index contributed by atoms with van der Waals surface area (Å²) in [4.78, 5) is 25.8. The standard InChI is InChI=1S/C20H29NO2/c1-3-4-5-6-7-8-9-10-11-14-21-18-13-12-16(2)15-17(18)19(22)20(21)23/h12-13,15H,3-11,14H2,1-2H3. The van der Waals surface area contributed by atoms with E-state index in [0.717, 1.165) is 24.1 Å². The van der Waals surface area contributed by atoms with Crippen molar-refractivity contribution in [3.63, 3.8) is 0 Å². The van der Waals surface area contributed by atoms with Crippen LogP contribution in [0.25, 0.3) is 0 Å². The van der Waals surface area contributed by atoms with Gasteiger partial charge >= 0.3 is 0 Å². The van der Waals surface area contributed by atoms with Crippen LogP contribution >= 0.6 is 0 Å². The molecule has 0 fully saturated rings. The van der Waals surface area contributed by atoms with Crippen molar-refractivity contribution in [1.29, 1.82) is 0 Å². The largest absolute Gasteiger partial charge is 0.305 e. The second-order valence-corrected chi connectivity index (χ2v) is 6.63. The molecule has 1 aliphatic rings. The molecule has 0 atom stereocenters. The van der Waals surface area contributed by atoms with Gasteiger partial charge in [-0.15, -0.1) is 0 Å². The second-order valence-electron chi connectivity index (χ2n) is 6.63. The van der Waals surface area contributed by atoms with Crippen molar-refractivity contribution in [3.05, 3.63) is 29.3 Å². The van der Waals surface area contributed by atoms with Crippen LogP contribution < -0.4 is 4.90 Å². The number of ketones is 1. The van der Waals surface area contributed by atoms with Gasteiger partial charge in [0.1, 0.15) is 0 Å². The van der Waals surface area contributed by atoms with E-state index in [1.807, 2.05) is 25.1 Å². The normalized spacial score (nSPS) is 13.7. The number of fused-ring (bicyclic) bond motifs is 1. The van der Waals surface area contributed by atoms with Crippen LogP contribution in [0.5, 0.6) is 0 Å². The first-order valence-corrected chi connectivity index (χ1v) is 9.12. The van der Waals surface area contributed by atoms with E-state index >= 15 is 0 Å². The molecule has 0 unspecified atom stereocenters. The lowest BCUT2D eigenvalue weighted by Gasteiger charge is -2.16. The number of carbonyl (C=O) groups excluding carboxylic acids is 2. The van der Waals surface area contributed by atoms with Gasteiger partial charge in [-0.1, -0.05) is 69.9 Å². The van der Waals surface area contributed by atoms with Crippen molar-refractivity contribution < 1.29 is 9.59 Å². The van der Waals surface area contributed by atoms with Crippen molar-refractivity contribution in [1.82, 2.24) is 0 Å². The molecule has 0 spiro atoms. The van der Waals surface area contributed by atoms with Crippen molar-refractivity contribution in [3.8, 4) is 0 Å². The summed E-state index contributed by atoms with van der Waals surface area (Å²) < 4.78 is 0. The quantitative estimate of drug-likeness (QED) is 0.447. The Kier molecular flexibility index (Phi) is 6.82. The van der Waals surface area contributed by atoms with Gasteiger partial charge in [0.2, 0.25) is 0 Å². The zero-order chi connectivity index (χ0) is 16.7. The first kappa shape index (κ1) is 17.7. The van der Waals surface area contributed by atoms with E-state index in [1.54, 1.807) is 4.90 Å². The molecule has 1 aromatic rings. The average molecular weight is 315 g/mol. The molecule has 0 radical (unpaired) electrons. The third-order valence-corrected chi connectivity index (χ3v) is 4.61. The molecule has 3 heteroatoms. The lowest BCUT2D eigenvalue weighted by atomic mass is 10.1. The van der Waals surface area contributed by atoms with Crippen molar-refractivity contribution in [2.75, 3.05) is 11.4 Å². The predicted molar refractivity (Wildman–Crippen MR) is 95.1 cm³/mol. The summed E-state index contributed by atoms with van der Waals surface area (Å²) in [5.74, 6) is -0.704. The third-order valence-electron chi connectivity index (χ3n) is 4.61. The Morgan fingerprint density at radius 1 is 0.870 bits per heavy atom. The Morgan fingerprint density at radius 2 is 1.48 bits per heavy atom. The SMILES string of the molecule is CCCCCCCCCCCN1C(=O)C(=O)c2cc(C)ccc21. The summed E-state index contributed by atoms with van der Waals surface area (Å²) in [5.41, 5.74) is 2.39. The summed E-state index contributed by atoms with van der Waals surface area (Å²) in [7, 11) is 0. The molecule has 1 aromatic carbocycles. The summed E-state index contributed by atoms with van der Waals surface area (Å²) in [6, 6.07) is 5.70. The van der Waals surface area contributed by atoms with Crippen LogP contribution in [0.1, 0.15) is 80.6 Å². The highest BCUT2D eigenvalue weighted by atomic mass is 16.2. The van der Waals surface area contributed by atoms with Gasteiger partial charge in [-0.05, 0) is 25.5 Å². The summed E-state index contributed by atoms with van der Waals surface area (Å²) in [6.07, 6.45) is 11.3. The van der Waals surface area contributed by atoms with Crippen LogP contribution in [0.3, 0.4) is 0 Å². The number of Topliss-reactive ketones (excluding diaryl/α,β-unsaturated/α-hetero) is 1. The number of rotatable bonds is 10. The minimum absolute atomic E-state index is 0.348. The van der Waals surface area contributed by atoms with Crippen LogP contribution in [0.2, 0.25) is 0 Å². The molecular weight excluding hydrogens is 286 g/mol. The first-order valence-electron chi connectivity index (χ1n) is 9.12. The Bertz CT molecular complexity index is 551. The van der Waals surface area contributed by atoms with Gasteiger partial charge in [0.25, 0.3) is 11.7 Å². The molecule has 0 N–H and O–H groups in total. The lowest BCUT2D eigenvalue weighted by Crippen LogP contribution is -2.30. The molecule has 3 nitrogen and oxygen atoms in total. The third kappa shape index (κ3) is 4.66. The molecule has 1 heterocycles. The maximum Gasteiger partial charge on any atom is 0.299 e. The number of hydrogen-bond donors (Lipinski definition) is 0. The van der Waals surface area contributed by atoms with Gasteiger partial charge in [0.15, 0.2) is 0 Å². The lowest BCUT2D eigenvalue weighted by molar-refractivity contribution is -0.114. The average Bonchev–Trinajstić information content (AvgIpc) is 2.78. The van der Waals surface area contributed by atoms with Crippen LogP contribution in [-0.4, -0.2) is 18.2 Å². The number of aryl methyl sites for hydroxylation is 1. The van der Waals surface area contributed by atoms with Gasteiger partial charge in [0.05, 0.1) is 11.3 Å². The highest BCUT2D eigenvalue weighted by Gasteiger charge is 2.35. The van der Waals surface area contributed by atoms with Crippen LogP contribution in [0, 0.1) is 6.92 Å². The maximum absolute atomic E-state index is 12.1. The van der Waals surface area contributed by atoms with Crippen molar-refractivity contribution >= 4 is 17.4 Å². The molecule has 0 bridgehead atoms. The van der Waals surface area contributed by atoms with Gasteiger partial charge in [-0.2, -0.15) is 0 Å². The Hall–Kier alpha value is -1.64. The Balaban J connectivity index is 1.71. The minimum Gasteiger partial charge on any atom is -0.305 e. The second kappa shape index (κ2) is 8.85. The van der Waals surface area contributed by atoms with E-state index in [9.17, 15) is 9.59 Å². The fraction of sp³-hybridized carbons (Fsp3) is 0.600. The maximum atomic E-state index is 12.1.